The normalized spacial score (nSPS) is 15.2. The van der Waals surface area contributed by atoms with Gasteiger partial charge in [0.2, 0.25) is 0 Å². The SMILES string of the molecule is O=C1/C(=C/c2ccccc2)COc2cc(-c3ccccc3NS(=O)(=O)C(F)(F)F)ccc21. The van der Waals surface area contributed by atoms with Gasteiger partial charge in [0.25, 0.3) is 0 Å². The van der Waals surface area contributed by atoms with Gasteiger partial charge in [-0.25, -0.2) is 0 Å². The molecular formula is C23H16F3NO4S. The summed E-state index contributed by atoms with van der Waals surface area (Å²) in [6, 6.07) is 19.5. The molecule has 5 nitrogen and oxygen atoms in total. The van der Waals surface area contributed by atoms with Crippen molar-refractivity contribution >= 4 is 27.6 Å². The monoisotopic (exact) mass is 459 g/mol. The Hall–Kier alpha value is -3.59. The van der Waals surface area contributed by atoms with E-state index in [0.29, 0.717) is 16.7 Å². The zero-order valence-electron chi connectivity index (χ0n) is 16.4. The highest BCUT2D eigenvalue weighted by molar-refractivity contribution is 7.93. The number of benzene rings is 3. The van der Waals surface area contributed by atoms with E-state index in [1.54, 1.807) is 16.9 Å². The van der Waals surface area contributed by atoms with Crippen molar-refractivity contribution in [1.82, 2.24) is 0 Å². The predicted molar refractivity (Wildman–Crippen MR) is 115 cm³/mol. The molecule has 164 valence electrons. The smallest absolute Gasteiger partial charge is 0.488 e. The molecule has 0 atom stereocenters. The van der Waals surface area contributed by atoms with Crippen LogP contribution in [-0.2, 0) is 10.0 Å². The topological polar surface area (TPSA) is 72.5 Å². The number of ether oxygens (including phenoxy) is 1. The van der Waals surface area contributed by atoms with Gasteiger partial charge in [0, 0.05) is 11.1 Å². The molecule has 0 bridgehead atoms. The lowest BCUT2D eigenvalue weighted by atomic mass is 9.95. The standard InChI is InChI=1S/C23H16F3NO4S/c24-23(25,26)32(29,30)27-20-9-5-4-8-18(20)16-10-11-19-21(13-16)31-14-17(22(19)28)12-15-6-2-1-3-7-15/h1-13,27H,14H2/b17-12+. The second-order valence-corrected chi connectivity index (χ2v) is 8.68. The molecule has 0 unspecified atom stereocenters. The molecule has 3 aromatic carbocycles. The molecule has 9 heteroatoms. The van der Waals surface area contributed by atoms with E-state index in [1.807, 2.05) is 30.3 Å². The Bertz CT molecular complexity index is 1320. The molecular weight excluding hydrogens is 443 g/mol. The molecule has 32 heavy (non-hydrogen) atoms. The van der Waals surface area contributed by atoms with E-state index in [-0.39, 0.29) is 29.4 Å². The Kier molecular flexibility index (Phi) is 5.52. The number of carbonyl (C=O) groups is 1. The number of sulfonamides is 1. The maximum atomic E-state index is 12.9. The van der Waals surface area contributed by atoms with Crippen LogP contribution in [0.3, 0.4) is 0 Å². The number of Topliss-reactive ketones (excluding diaryl/α,β-unsaturated/α-hetero) is 1. The van der Waals surface area contributed by atoms with Gasteiger partial charge in [0.05, 0.1) is 11.3 Å². The molecule has 1 aliphatic heterocycles. The number of hydrogen-bond donors (Lipinski definition) is 1. The van der Waals surface area contributed by atoms with E-state index in [1.165, 1.54) is 36.4 Å². The third kappa shape index (κ3) is 4.24. The van der Waals surface area contributed by atoms with Gasteiger partial charge < -0.3 is 4.74 Å². The van der Waals surface area contributed by atoms with E-state index >= 15 is 0 Å². The van der Waals surface area contributed by atoms with Crippen molar-refractivity contribution in [2.45, 2.75) is 5.51 Å². The Balaban J connectivity index is 1.67. The number of carbonyl (C=O) groups excluding carboxylic acids is 1. The molecule has 0 radical (unpaired) electrons. The van der Waals surface area contributed by atoms with E-state index in [0.717, 1.165) is 5.56 Å². The third-order valence-corrected chi connectivity index (χ3v) is 5.93. The number of alkyl halides is 3. The summed E-state index contributed by atoms with van der Waals surface area (Å²) in [4.78, 5) is 12.9. The van der Waals surface area contributed by atoms with Gasteiger partial charge in [0.15, 0.2) is 5.78 Å². The molecule has 0 saturated heterocycles. The Morgan fingerprint density at radius 3 is 2.31 bits per heavy atom. The number of para-hydroxylation sites is 1. The van der Waals surface area contributed by atoms with E-state index in [9.17, 15) is 26.4 Å². The Labute approximate surface area is 182 Å². The van der Waals surface area contributed by atoms with E-state index in [4.69, 9.17) is 4.74 Å². The zero-order chi connectivity index (χ0) is 22.9. The van der Waals surface area contributed by atoms with Crippen LogP contribution in [0.2, 0.25) is 0 Å². The molecule has 0 spiro atoms. The van der Waals surface area contributed by atoms with Gasteiger partial charge >= 0.3 is 15.5 Å². The highest BCUT2D eigenvalue weighted by Gasteiger charge is 2.46. The minimum Gasteiger partial charge on any atom is -0.488 e. The maximum Gasteiger partial charge on any atom is 0.516 e. The summed E-state index contributed by atoms with van der Waals surface area (Å²) in [5.74, 6) is 0.0545. The maximum absolute atomic E-state index is 12.9. The van der Waals surface area contributed by atoms with Gasteiger partial charge in [-0.15, -0.1) is 0 Å². The van der Waals surface area contributed by atoms with Crippen molar-refractivity contribution in [3.63, 3.8) is 0 Å². The minimum atomic E-state index is -5.59. The van der Waals surface area contributed by atoms with Crippen LogP contribution in [0.4, 0.5) is 18.9 Å². The largest absolute Gasteiger partial charge is 0.516 e. The highest BCUT2D eigenvalue weighted by atomic mass is 32.2. The first-order chi connectivity index (χ1) is 15.2. The van der Waals surface area contributed by atoms with Crippen LogP contribution in [0, 0.1) is 0 Å². The lowest BCUT2D eigenvalue weighted by Gasteiger charge is -2.20. The fourth-order valence-electron chi connectivity index (χ4n) is 3.28. The van der Waals surface area contributed by atoms with Crippen molar-refractivity contribution in [1.29, 1.82) is 0 Å². The lowest BCUT2D eigenvalue weighted by Crippen LogP contribution is -2.30. The molecule has 0 aromatic heterocycles. The van der Waals surface area contributed by atoms with Gasteiger partial charge in [-0.3, -0.25) is 9.52 Å². The molecule has 3 aromatic rings. The average molecular weight is 459 g/mol. The summed E-state index contributed by atoms with van der Waals surface area (Å²) in [6.45, 7) is 0.0343. The van der Waals surface area contributed by atoms with Gasteiger partial charge in [-0.05, 0) is 35.4 Å². The second kappa shape index (κ2) is 8.16. The van der Waals surface area contributed by atoms with E-state index < -0.39 is 15.5 Å². The molecule has 0 fully saturated rings. The van der Waals surface area contributed by atoms with Crippen molar-refractivity contribution < 1.29 is 31.1 Å². The number of fused-ring (bicyclic) bond motifs is 1. The third-order valence-electron chi connectivity index (χ3n) is 4.83. The summed E-state index contributed by atoms with van der Waals surface area (Å²) < 4.78 is 68.8. The lowest BCUT2D eigenvalue weighted by molar-refractivity contribution is -0.0429. The zero-order valence-corrected chi connectivity index (χ0v) is 17.2. The van der Waals surface area contributed by atoms with Gasteiger partial charge in [0.1, 0.15) is 12.4 Å². The summed E-state index contributed by atoms with van der Waals surface area (Å²) >= 11 is 0. The number of anilines is 1. The fraction of sp³-hybridized carbons (Fsp3) is 0.0870. The van der Waals surface area contributed by atoms with Crippen LogP contribution < -0.4 is 9.46 Å². The number of ketones is 1. The van der Waals surface area contributed by atoms with Crippen LogP contribution in [-0.4, -0.2) is 26.3 Å². The minimum absolute atomic E-state index is 0.0343. The van der Waals surface area contributed by atoms with Crippen LogP contribution in [0.15, 0.2) is 78.4 Å². The number of hydrogen-bond acceptors (Lipinski definition) is 4. The summed E-state index contributed by atoms with van der Waals surface area (Å²) in [5.41, 5.74) is -3.45. The Morgan fingerprint density at radius 2 is 1.59 bits per heavy atom. The number of rotatable bonds is 4. The van der Waals surface area contributed by atoms with Crippen molar-refractivity contribution in [2.75, 3.05) is 11.3 Å². The molecule has 1 N–H and O–H groups in total. The average Bonchev–Trinajstić information content (AvgIpc) is 2.75. The van der Waals surface area contributed by atoms with Crippen LogP contribution in [0.1, 0.15) is 15.9 Å². The molecule has 1 heterocycles. The molecule has 4 rings (SSSR count). The second-order valence-electron chi connectivity index (χ2n) is 7.01. The quantitative estimate of drug-likeness (QED) is 0.540. The molecule has 0 aliphatic carbocycles. The molecule has 0 amide bonds. The molecule has 0 saturated carbocycles. The highest BCUT2D eigenvalue weighted by Crippen LogP contribution is 2.36. The number of nitrogens with one attached hydrogen (secondary N) is 1. The van der Waals surface area contributed by atoms with Crippen LogP contribution >= 0.6 is 0 Å². The first-order valence-corrected chi connectivity index (χ1v) is 10.9. The van der Waals surface area contributed by atoms with Crippen molar-refractivity contribution in [3.8, 4) is 16.9 Å². The van der Waals surface area contributed by atoms with Crippen molar-refractivity contribution in [2.24, 2.45) is 0 Å². The van der Waals surface area contributed by atoms with Crippen molar-refractivity contribution in [3.05, 3.63) is 89.5 Å². The van der Waals surface area contributed by atoms with Crippen LogP contribution in [0.25, 0.3) is 17.2 Å². The first-order valence-electron chi connectivity index (χ1n) is 9.41. The summed E-state index contributed by atoms with van der Waals surface area (Å²) in [5, 5.41) is 0. The Morgan fingerprint density at radius 1 is 0.906 bits per heavy atom. The van der Waals surface area contributed by atoms with Gasteiger partial charge in [-0.1, -0.05) is 54.6 Å². The van der Waals surface area contributed by atoms with Gasteiger partial charge in [-0.2, -0.15) is 21.6 Å². The fourth-order valence-corrected chi connectivity index (χ4v) is 3.86. The van der Waals surface area contributed by atoms with Crippen LogP contribution in [0.5, 0.6) is 5.75 Å². The predicted octanol–water partition coefficient (Wildman–Crippen LogP) is 5.27. The molecule has 1 aliphatic rings. The summed E-state index contributed by atoms with van der Waals surface area (Å²) in [6.07, 6.45) is 1.74. The first kappa shape index (κ1) is 21.6. The summed E-state index contributed by atoms with van der Waals surface area (Å²) in [7, 11) is -5.59. The number of halogens is 3. The van der Waals surface area contributed by atoms with E-state index in [2.05, 4.69) is 0 Å².